The summed E-state index contributed by atoms with van der Waals surface area (Å²) in [4.78, 5) is 25.3. The molecule has 0 N–H and O–H groups in total. The lowest BCUT2D eigenvalue weighted by molar-refractivity contribution is -0.137. The first-order chi connectivity index (χ1) is 14.7. The van der Waals surface area contributed by atoms with Gasteiger partial charge < -0.3 is 14.5 Å². The first kappa shape index (κ1) is 18.9. The summed E-state index contributed by atoms with van der Waals surface area (Å²) in [5.41, 5.74) is 1.05. The number of pyridine rings is 2. The van der Waals surface area contributed by atoms with Crippen molar-refractivity contribution in [2.45, 2.75) is 31.5 Å². The van der Waals surface area contributed by atoms with Crippen LogP contribution >= 0.6 is 0 Å². The average molecular weight is 406 g/mol. The second-order valence-electron chi connectivity index (χ2n) is 7.93. The van der Waals surface area contributed by atoms with Crippen LogP contribution in [0, 0.1) is 5.82 Å². The highest BCUT2D eigenvalue weighted by atomic mass is 19.1. The lowest BCUT2D eigenvalue weighted by Crippen LogP contribution is -2.56. The fraction of sp³-hybridized carbons (Fsp3) is 0.348. The van der Waals surface area contributed by atoms with E-state index in [-0.39, 0.29) is 30.4 Å². The van der Waals surface area contributed by atoms with Gasteiger partial charge in [-0.2, -0.15) is 0 Å². The molecule has 6 nitrogen and oxygen atoms in total. The molecule has 2 atom stereocenters. The average Bonchev–Trinajstić information content (AvgIpc) is 3.03. The van der Waals surface area contributed by atoms with E-state index < -0.39 is 0 Å². The number of likely N-dealkylation sites (tertiary alicyclic amines) is 1. The van der Waals surface area contributed by atoms with E-state index in [0.29, 0.717) is 19.7 Å². The topological polar surface area (TPSA) is 58.6 Å². The van der Waals surface area contributed by atoms with Crippen LogP contribution in [0.5, 0.6) is 0 Å². The van der Waals surface area contributed by atoms with Crippen molar-refractivity contribution in [3.63, 3.8) is 0 Å². The number of amides is 1. The molecule has 2 unspecified atom stereocenters. The van der Waals surface area contributed by atoms with Gasteiger partial charge in [-0.25, -0.2) is 9.37 Å². The highest BCUT2D eigenvalue weighted by molar-refractivity contribution is 5.84. The van der Waals surface area contributed by atoms with Crippen molar-refractivity contribution in [3.05, 3.63) is 66.4 Å². The van der Waals surface area contributed by atoms with Gasteiger partial charge in [0, 0.05) is 43.0 Å². The minimum atomic E-state index is -0.334. The Hall–Kier alpha value is -3.06. The number of ether oxygens (including phenoxy) is 1. The molecule has 2 aliphatic rings. The Morgan fingerprint density at radius 3 is 2.70 bits per heavy atom. The number of hydrogen-bond donors (Lipinski definition) is 0. The normalized spacial score (nSPS) is 20.7. The summed E-state index contributed by atoms with van der Waals surface area (Å²) in [6, 6.07) is 11.6. The first-order valence-electron chi connectivity index (χ1n) is 10.3. The molecule has 3 aromatic rings. The zero-order chi connectivity index (χ0) is 20.5. The number of carbonyl (C=O) groups excluding carboxylic acids is 1. The number of nitrogens with zero attached hydrogens (tertiary/aromatic N) is 4. The van der Waals surface area contributed by atoms with E-state index in [9.17, 15) is 9.18 Å². The maximum Gasteiger partial charge on any atom is 0.248 e. The molecule has 1 aromatic carbocycles. The van der Waals surface area contributed by atoms with Crippen LogP contribution < -0.4 is 4.90 Å². The third-order valence-corrected chi connectivity index (χ3v) is 6.07. The Morgan fingerprint density at radius 1 is 1.10 bits per heavy atom. The fourth-order valence-corrected chi connectivity index (χ4v) is 4.66. The maximum absolute atomic E-state index is 13.2. The molecule has 0 spiro atoms. The predicted octanol–water partition coefficient (Wildman–Crippen LogP) is 3.17. The molecular formula is C23H23FN4O2. The van der Waals surface area contributed by atoms with Crippen LogP contribution in [-0.2, 0) is 16.1 Å². The van der Waals surface area contributed by atoms with Crippen LogP contribution in [0.25, 0.3) is 10.8 Å². The molecular weight excluding hydrogens is 383 g/mol. The molecule has 2 fully saturated rings. The van der Waals surface area contributed by atoms with Gasteiger partial charge in [-0.1, -0.05) is 18.2 Å². The third-order valence-electron chi connectivity index (χ3n) is 6.07. The van der Waals surface area contributed by atoms with Crippen molar-refractivity contribution >= 4 is 22.5 Å². The van der Waals surface area contributed by atoms with Crippen molar-refractivity contribution in [2.75, 3.05) is 24.6 Å². The highest BCUT2D eigenvalue weighted by Gasteiger charge is 2.41. The zero-order valence-corrected chi connectivity index (χ0v) is 16.6. The summed E-state index contributed by atoms with van der Waals surface area (Å²) in [5.74, 6) is 0.470. The van der Waals surface area contributed by atoms with E-state index in [4.69, 9.17) is 4.74 Å². The third kappa shape index (κ3) is 3.61. The summed E-state index contributed by atoms with van der Waals surface area (Å²) in [6.45, 7) is 1.75. The van der Waals surface area contributed by atoms with Crippen LogP contribution in [0.1, 0.15) is 18.4 Å². The molecule has 0 saturated carbocycles. The van der Waals surface area contributed by atoms with Crippen LogP contribution in [-0.4, -0.2) is 52.6 Å². The summed E-state index contributed by atoms with van der Waals surface area (Å²) < 4.78 is 19.0. The van der Waals surface area contributed by atoms with Crippen molar-refractivity contribution in [3.8, 4) is 0 Å². The van der Waals surface area contributed by atoms with E-state index in [2.05, 4.69) is 14.9 Å². The van der Waals surface area contributed by atoms with Gasteiger partial charge in [-0.15, -0.1) is 0 Å². The van der Waals surface area contributed by atoms with Crippen molar-refractivity contribution in [2.24, 2.45) is 0 Å². The molecule has 0 aliphatic carbocycles. The number of halogens is 1. The second-order valence-corrected chi connectivity index (χ2v) is 7.93. The Kier molecular flexibility index (Phi) is 5.04. The number of piperazine rings is 1. The molecule has 2 saturated heterocycles. The van der Waals surface area contributed by atoms with Crippen LogP contribution in [0.3, 0.4) is 0 Å². The van der Waals surface area contributed by atoms with Crippen LogP contribution in [0.2, 0.25) is 0 Å². The van der Waals surface area contributed by atoms with Crippen LogP contribution in [0.15, 0.2) is 55.0 Å². The van der Waals surface area contributed by atoms with Gasteiger partial charge in [0.2, 0.25) is 5.91 Å². The number of benzene rings is 1. The lowest BCUT2D eigenvalue weighted by Gasteiger charge is -2.41. The van der Waals surface area contributed by atoms with Crippen LogP contribution in [0.4, 0.5) is 10.2 Å². The minimum Gasteiger partial charge on any atom is -0.367 e. The summed E-state index contributed by atoms with van der Waals surface area (Å²) >= 11 is 0. The molecule has 2 aromatic heterocycles. The van der Waals surface area contributed by atoms with Gasteiger partial charge in [-0.3, -0.25) is 9.78 Å². The van der Waals surface area contributed by atoms with Gasteiger partial charge >= 0.3 is 0 Å². The number of fused-ring (bicyclic) bond motifs is 3. The summed E-state index contributed by atoms with van der Waals surface area (Å²) in [5, 5.41) is 2.16. The lowest BCUT2D eigenvalue weighted by atomic mass is 10.1. The Balaban J connectivity index is 1.19. The standard InChI is InChI=1S/C23H23FN4O2/c24-18-4-7-22(26-11-18)28-19-5-6-20(28)13-27(12-19)23(29)15-30-14-17-3-1-2-16-10-25-9-8-21(16)17/h1-4,7-11,19-20H,5-6,12-15H2. The molecule has 30 heavy (non-hydrogen) atoms. The van der Waals surface area contributed by atoms with Crippen molar-refractivity contribution in [1.29, 1.82) is 0 Å². The molecule has 154 valence electrons. The van der Waals surface area contributed by atoms with Gasteiger partial charge in [0.25, 0.3) is 0 Å². The van der Waals surface area contributed by atoms with E-state index in [1.165, 1.54) is 12.3 Å². The van der Waals surface area contributed by atoms with E-state index in [0.717, 1.165) is 35.0 Å². The smallest absolute Gasteiger partial charge is 0.248 e. The SMILES string of the molecule is O=C(COCc1cccc2cnccc12)N1CC2CCC(C1)N2c1ccc(F)cn1. The monoisotopic (exact) mass is 406 g/mol. The summed E-state index contributed by atoms with van der Waals surface area (Å²) in [6.07, 6.45) is 6.87. The maximum atomic E-state index is 13.2. The highest BCUT2D eigenvalue weighted by Crippen LogP contribution is 2.33. The number of carbonyl (C=O) groups is 1. The van der Waals surface area contributed by atoms with Gasteiger partial charge in [0.1, 0.15) is 18.2 Å². The molecule has 2 bridgehead atoms. The Bertz CT molecular complexity index is 1040. The minimum absolute atomic E-state index is 0.0144. The molecule has 1 amide bonds. The number of aromatic nitrogens is 2. The molecule has 7 heteroatoms. The Morgan fingerprint density at radius 2 is 1.93 bits per heavy atom. The quantitative estimate of drug-likeness (QED) is 0.652. The Labute approximate surface area is 174 Å². The molecule has 2 aliphatic heterocycles. The zero-order valence-electron chi connectivity index (χ0n) is 16.6. The van der Waals surface area contributed by atoms with Gasteiger partial charge in [-0.05, 0) is 42.0 Å². The number of hydrogen-bond acceptors (Lipinski definition) is 5. The fourth-order valence-electron chi connectivity index (χ4n) is 4.66. The van der Waals surface area contributed by atoms with Gasteiger partial charge in [0.05, 0.1) is 12.8 Å². The van der Waals surface area contributed by atoms with E-state index in [1.807, 2.05) is 35.4 Å². The second kappa shape index (κ2) is 7.99. The molecule has 5 rings (SSSR count). The molecule has 4 heterocycles. The predicted molar refractivity (Wildman–Crippen MR) is 111 cm³/mol. The number of rotatable bonds is 5. The van der Waals surface area contributed by atoms with E-state index in [1.54, 1.807) is 12.3 Å². The van der Waals surface area contributed by atoms with Crippen molar-refractivity contribution in [1.82, 2.24) is 14.9 Å². The first-order valence-corrected chi connectivity index (χ1v) is 10.3. The largest absolute Gasteiger partial charge is 0.367 e. The van der Waals surface area contributed by atoms with Gasteiger partial charge in [0.15, 0.2) is 0 Å². The van der Waals surface area contributed by atoms with Crippen molar-refractivity contribution < 1.29 is 13.9 Å². The molecule has 0 radical (unpaired) electrons. The number of anilines is 1. The van der Waals surface area contributed by atoms with E-state index >= 15 is 0 Å². The summed E-state index contributed by atoms with van der Waals surface area (Å²) in [7, 11) is 0.